The van der Waals surface area contributed by atoms with E-state index >= 15 is 0 Å². The van der Waals surface area contributed by atoms with Crippen molar-refractivity contribution in [2.75, 3.05) is 6.54 Å². The Morgan fingerprint density at radius 1 is 1.13 bits per heavy atom. The van der Waals surface area contributed by atoms with E-state index in [0.717, 1.165) is 17.2 Å². The first-order valence-corrected chi connectivity index (χ1v) is 9.87. The first kappa shape index (κ1) is 21.0. The van der Waals surface area contributed by atoms with Crippen molar-refractivity contribution < 1.29 is 27.2 Å². The van der Waals surface area contributed by atoms with Crippen LogP contribution in [-0.4, -0.2) is 23.7 Å². The SMILES string of the molecule is Cc1noc(C)c1CC(=O)NC[C@H]1Cc2cccc(-c3ccccc3C(F)(F)F)c2O1. The summed E-state index contributed by atoms with van der Waals surface area (Å²) in [5, 5.41) is 6.67. The summed E-state index contributed by atoms with van der Waals surface area (Å²) >= 11 is 0. The molecule has 0 aliphatic carbocycles. The fourth-order valence-electron chi connectivity index (χ4n) is 3.83. The molecule has 31 heavy (non-hydrogen) atoms. The summed E-state index contributed by atoms with van der Waals surface area (Å²) in [5.41, 5.74) is 2.01. The van der Waals surface area contributed by atoms with Crippen LogP contribution in [0.3, 0.4) is 0 Å². The van der Waals surface area contributed by atoms with E-state index in [1.807, 2.05) is 6.07 Å². The van der Waals surface area contributed by atoms with Gasteiger partial charge in [0.15, 0.2) is 0 Å². The Balaban J connectivity index is 1.48. The summed E-state index contributed by atoms with van der Waals surface area (Å²) in [5.74, 6) is 0.839. The van der Waals surface area contributed by atoms with Crippen molar-refractivity contribution in [3.8, 4) is 16.9 Å². The van der Waals surface area contributed by atoms with E-state index in [1.165, 1.54) is 12.1 Å². The Morgan fingerprint density at radius 3 is 2.58 bits per heavy atom. The van der Waals surface area contributed by atoms with E-state index < -0.39 is 11.7 Å². The molecule has 1 aromatic heterocycles. The molecule has 0 unspecified atom stereocenters. The van der Waals surface area contributed by atoms with Crippen LogP contribution < -0.4 is 10.1 Å². The van der Waals surface area contributed by atoms with Crippen molar-refractivity contribution in [2.45, 2.75) is 39.0 Å². The van der Waals surface area contributed by atoms with Crippen molar-refractivity contribution in [2.24, 2.45) is 0 Å². The second-order valence-electron chi connectivity index (χ2n) is 7.56. The van der Waals surface area contributed by atoms with Crippen LogP contribution in [-0.2, 0) is 23.8 Å². The third kappa shape index (κ3) is 4.28. The summed E-state index contributed by atoms with van der Waals surface area (Å²) < 4.78 is 51.5. The third-order valence-corrected chi connectivity index (χ3v) is 5.40. The van der Waals surface area contributed by atoms with Gasteiger partial charge in [0.25, 0.3) is 0 Å². The molecule has 2 heterocycles. The Morgan fingerprint density at radius 2 is 1.87 bits per heavy atom. The minimum absolute atomic E-state index is 0.0787. The third-order valence-electron chi connectivity index (χ3n) is 5.40. The number of nitrogens with one attached hydrogen (secondary N) is 1. The van der Waals surface area contributed by atoms with E-state index in [-0.39, 0.29) is 30.5 Å². The fraction of sp³-hybridized carbons (Fsp3) is 0.304. The number of ether oxygens (including phenoxy) is 1. The molecule has 1 atom stereocenters. The highest BCUT2D eigenvalue weighted by atomic mass is 19.4. The van der Waals surface area contributed by atoms with Crippen LogP contribution in [0.25, 0.3) is 11.1 Å². The molecular weight excluding hydrogens is 409 g/mol. The zero-order valence-electron chi connectivity index (χ0n) is 17.0. The number of hydrogen-bond donors (Lipinski definition) is 1. The average Bonchev–Trinajstić information content (AvgIpc) is 3.29. The Kier molecular flexibility index (Phi) is 5.47. The van der Waals surface area contributed by atoms with Crippen LogP contribution in [0, 0.1) is 13.8 Å². The van der Waals surface area contributed by atoms with Gasteiger partial charge < -0.3 is 14.6 Å². The van der Waals surface area contributed by atoms with E-state index in [0.29, 0.717) is 29.2 Å². The molecule has 4 rings (SSSR count). The zero-order valence-corrected chi connectivity index (χ0v) is 17.0. The van der Waals surface area contributed by atoms with Gasteiger partial charge in [-0.2, -0.15) is 13.2 Å². The van der Waals surface area contributed by atoms with Gasteiger partial charge in [0, 0.05) is 17.5 Å². The average molecular weight is 430 g/mol. The highest BCUT2D eigenvalue weighted by Gasteiger charge is 2.35. The lowest BCUT2D eigenvalue weighted by atomic mass is 9.96. The molecule has 0 bridgehead atoms. The highest BCUT2D eigenvalue weighted by molar-refractivity contribution is 5.79. The number of aryl methyl sites for hydroxylation is 2. The molecule has 1 amide bonds. The van der Waals surface area contributed by atoms with Gasteiger partial charge in [-0.15, -0.1) is 0 Å². The number of aromatic nitrogens is 1. The predicted octanol–water partition coefficient (Wildman–Crippen LogP) is 4.64. The molecule has 0 radical (unpaired) electrons. The molecule has 0 saturated heterocycles. The van der Waals surface area contributed by atoms with Gasteiger partial charge in [-0.3, -0.25) is 4.79 Å². The maximum Gasteiger partial charge on any atom is 0.417 e. The molecule has 2 aromatic carbocycles. The largest absolute Gasteiger partial charge is 0.487 e. The molecule has 0 fully saturated rings. The molecule has 5 nitrogen and oxygen atoms in total. The van der Waals surface area contributed by atoms with Crippen molar-refractivity contribution in [3.63, 3.8) is 0 Å². The van der Waals surface area contributed by atoms with E-state index in [1.54, 1.807) is 32.0 Å². The summed E-state index contributed by atoms with van der Waals surface area (Å²) in [6.07, 6.45) is -4.18. The maximum atomic E-state index is 13.5. The van der Waals surface area contributed by atoms with Crippen molar-refractivity contribution in [3.05, 3.63) is 70.6 Å². The van der Waals surface area contributed by atoms with E-state index in [2.05, 4.69) is 10.5 Å². The number of amides is 1. The van der Waals surface area contributed by atoms with Crippen LogP contribution in [0.15, 0.2) is 47.0 Å². The molecular formula is C23H21F3N2O3. The maximum absolute atomic E-state index is 13.5. The van der Waals surface area contributed by atoms with Crippen LogP contribution >= 0.6 is 0 Å². The second-order valence-corrected chi connectivity index (χ2v) is 7.56. The van der Waals surface area contributed by atoms with Gasteiger partial charge in [0.05, 0.1) is 24.2 Å². The quantitative estimate of drug-likeness (QED) is 0.641. The number of carbonyl (C=O) groups is 1. The van der Waals surface area contributed by atoms with E-state index in [4.69, 9.17) is 9.26 Å². The van der Waals surface area contributed by atoms with Gasteiger partial charge in [-0.05, 0) is 31.0 Å². The minimum atomic E-state index is -4.47. The summed E-state index contributed by atoms with van der Waals surface area (Å²) in [4.78, 5) is 12.3. The second kappa shape index (κ2) is 8.09. The molecule has 0 saturated carbocycles. The van der Waals surface area contributed by atoms with Crippen molar-refractivity contribution in [1.29, 1.82) is 0 Å². The van der Waals surface area contributed by atoms with E-state index in [9.17, 15) is 18.0 Å². The highest BCUT2D eigenvalue weighted by Crippen LogP contribution is 2.43. The number of para-hydroxylation sites is 1. The van der Waals surface area contributed by atoms with Crippen LogP contribution in [0.4, 0.5) is 13.2 Å². The van der Waals surface area contributed by atoms with Crippen molar-refractivity contribution in [1.82, 2.24) is 10.5 Å². The molecule has 1 N–H and O–H groups in total. The Hall–Kier alpha value is -3.29. The first-order chi connectivity index (χ1) is 14.7. The zero-order chi connectivity index (χ0) is 22.2. The van der Waals surface area contributed by atoms with Crippen LogP contribution in [0.2, 0.25) is 0 Å². The lowest BCUT2D eigenvalue weighted by Crippen LogP contribution is -2.35. The number of nitrogens with zero attached hydrogens (tertiary/aromatic N) is 1. The summed E-state index contributed by atoms with van der Waals surface area (Å²) in [6, 6.07) is 10.6. The summed E-state index contributed by atoms with van der Waals surface area (Å²) in [7, 11) is 0. The molecule has 0 spiro atoms. The Labute approximate surface area is 177 Å². The molecule has 3 aromatic rings. The molecule has 1 aliphatic heterocycles. The lowest BCUT2D eigenvalue weighted by Gasteiger charge is -2.16. The van der Waals surface area contributed by atoms with Gasteiger partial charge in [0.2, 0.25) is 5.91 Å². The Bertz CT molecular complexity index is 1100. The number of alkyl halides is 3. The lowest BCUT2D eigenvalue weighted by molar-refractivity contribution is -0.137. The normalized spacial score (nSPS) is 15.5. The van der Waals surface area contributed by atoms with Gasteiger partial charge in [-0.1, -0.05) is 41.6 Å². The predicted molar refractivity (Wildman–Crippen MR) is 108 cm³/mol. The number of fused-ring (bicyclic) bond motifs is 1. The number of halogens is 3. The monoisotopic (exact) mass is 430 g/mol. The standard InChI is InChI=1S/C23H21F3N2O3/c1-13-19(14(2)31-28-13)11-21(29)27-12-16-10-15-6-5-8-18(22(15)30-16)17-7-3-4-9-20(17)23(24,25)26/h3-9,16H,10-12H2,1-2H3,(H,27,29)/t16-/m1/s1. The van der Waals surface area contributed by atoms with Gasteiger partial charge in [0.1, 0.15) is 17.6 Å². The summed E-state index contributed by atoms with van der Waals surface area (Å²) in [6.45, 7) is 3.77. The van der Waals surface area contributed by atoms with Crippen molar-refractivity contribution >= 4 is 5.91 Å². The topological polar surface area (TPSA) is 64.4 Å². The van der Waals surface area contributed by atoms with Crippen LogP contribution in [0.5, 0.6) is 5.75 Å². The fourth-order valence-corrected chi connectivity index (χ4v) is 3.83. The van der Waals surface area contributed by atoms with Crippen LogP contribution in [0.1, 0.15) is 28.1 Å². The van der Waals surface area contributed by atoms with Gasteiger partial charge in [-0.25, -0.2) is 0 Å². The minimum Gasteiger partial charge on any atom is -0.487 e. The molecule has 162 valence electrons. The van der Waals surface area contributed by atoms with Gasteiger partial charge >= 0.3 is 6.18 Å². The number of rotatable bonds is 5. The number of carbonyl (C=O) groups excluding carboxylic acids is 1. The number of benzene rings is 2. The molecule has 8 heteroatoms. The number of hydrogen-bond acceptors (Lipinski definition) is 4. The smallest absolute Gasteiger partial charge is 0.417 e. The first-order valence-electron chi connectivity index (χ1n) is 9.87. The molecule has 1 aliphatic rings.